The van der Waals surface area contributed by atoms with Crippen molar-refractivity contribution in [2.75, 3.05) is 31.6 Å². The zero-order chi connectivity index (χ0) is 15.0. The first-order valence-electron chi connectivity index (χ1n) is 8.20. The van der Waals surface area contributed by atoms with E-state index in [1.54, 1.807) is 0 Å². The summed E-state index contributed by atoms with van der Waals surface area (Å²) in [5.74, 6) is -0.334. The number of ether oxygens (including phenoxy) is 2. The average molecular weight is 318 g/mol. The zero-order valence-electron chi connectivity index (χ0n) is 12.8. The number of nitrogens with one attached hydrogen (secondary N) is 1. The van der Waals surface area contributed by atoms with Crippen LogP contribution in [-0.2, 0) is 22.3 Å². The predicted molar refractivity (Wildman–Crippen MR) is 90.1 cm³/mol. The van der Waals surface area contributed by atoms with Crippen molar-refractivity contribution in [3.63, 3.8) is 0 Å². The van der Waals surface area contributed by atoms with Crippen molar-refractivity contribution in [3.8, 4) is 0 Å². The quantitative estimate of drug-likeness (QED) is 0.805. The van der Waals surface area contributed by atoms with Gasteiger partial charge in [0.15, 0.2) is 10.9 Å². The Bertz CT molecular complexity index is 574. The van der Waals surface area contributed by atoms with Crippen LogP contribution in [0, 0.1) is 0 Å². The van der Waals surface area contributed by atoms with Gasteiger partial charge in [0.1, 0.15) is 0 Å². The summed E-state index contributed by atoms with van der Waals surface area (Å²) in [6.45, 7) is 3.21. The largest absolute Gasteiger partial charge is 0.349 e. The van der Waals surface area contributed by atoms with E-state index in [0.717, 1.165) is 49.9 Å². The number of likely N-dealkylation sites (tertiary alicyclic amines) is 1. The highest BCUT2D eigenvalue weighted by Crippen LogP contribution is 2.31. The molecule has 0 amide bonds. The maximum Gasteiger partial charge on any atom is 0.173 e. The van der Waals surface area contributed by atoms with Crippen LogP contribution in [0.5, 0.6) is 0 Å². The molecule has 0 radical (unpaired) electrons. The normalized spacial score (nSPS) is 22.8. The Labute approximate surface area is 136 Å². The van der Waals surface area contributed by atoms with Gasteiger partial charge < -0.3 is 19.7 Å². The molecule has 2 fully saturated rings. The smallest absolute Gasteiger partial charge is 0.173 e. The van der Waals surface area contributed by atoms with Gasteiger partial charge in [-0.1, -0.05) is 6.07 Å². The molecule has 5 heteroatoms. The standard InChI is InChI=1S/C17H22N2O2S/c22-16(18-15-5-4-13-2-1-3-14(13)12-15)19-8-6-17(7-9-19)20-10-11-21-17/h4-5,12H,1-3,6-11H2,(H,18,22). The Morgan fingerprint density at radius 3 is 2.59 bits per heavy atom. The van der Waals surface area contributed by atoms with Gasteiger partial charge >= 0.3 is 0 Å². The van der Waals surface area contributed by atoms with Crippen LogP contribution in [0.15, 0.2) is 18.2 Å². The van der Waals surface area contributed by atoms with E-state index in [0.29, 0.717) is 0 Å². The molecule has 0 atom stereocenters. The molecular weight excluding hydrogens is 296 g/mol. The fraction of sp³-hybridized carbons (Fsp3) is 0.588. The van der Waals surface area contributed by atoms with Crippen LogP contribution in [0.2, 0.25) is 0 Å². The van der Waals surface area contributed by atoms with E-state index < -0.39 is 0 Å². The summed E-state index contributed by atoms with van der Waals surface area (Å²) in [6, 6.07) is 6.63. The van der Waals surface area contributed by atoms with E-state index >= 15 is 0 Å². The van der Waals surface area contributed by atoms with Crippen LogP contribution in [0.4, 0.5) is 5.69 Å². The lowest BCUT2D eigenvalue weighted by molar-refractivity contribution is -0.180. The number of rotatable bonds is 1. The molecule has 1 N–H and O–H groups in total. The van der Waals surface area contributed by atoms with E-state index in [1.807, 2.05) is 0 Å². The number of thiocarbonyl (C=S) groups is 1. The van der Waals surface area contributed by atoms with Crippen LogP contribution >= 0.6 is 12.2 Å². The Hall–Kier alpha value is -1.17. The van der Waals surface area contributed by atoms with E-state index in [1.165, 1.54) is 30.4 Å². The molecule has 2 aliphatic heterocycles. The lowest BCUT2D eigenvalue weighted by Crippen LogP contribution is -2.48. The second-order valence-electron chi connectivity index (χ2n) is 6.36. The third-order valence-electron chi connectivity index (χ3n) is 4.98. The molecule has 4 nitrogen and oxygen atoms in total. The monoisotopic (exact) mass is 318 g/mol. The van der Waals surface area contributed by atoms with Crippen molar-refractivity contribution in [3.05, 3.63) is 29.3 Å². The van der Waals surface area contributed by atoms with Crippen molar-refractivity contribution < 1.29 is 9.47 Å². The molecule has 2 saturated heterocycles. The molecule has 1 aromatic carbocycles. The summed E-state index contributed by atoms with van der Waals surface area (Å²) < 4.78 is 11.5. The molecule has 2 heterocycles. The van der Waals surface area contributed by atoms with Gasteiger partial charge in [0, 0.05) is 31.6 Å². The third kappa shape index (κ3) is 2.73. The van der Waals surface area contributed by atoms with Crippen LogP contribution in [0.25, 0.3) is 0 Å². The minimum Gasteiger partial charge on any atom is -0.349 e. The number of nitrogens with zero attached hydrogens (tertiary/aromatic N) is 1. The number of benzene rings is 1. The van der Waals surface area contributed by atoms with E-state index in [2.05, 4.69) is 28.4 Å². The lowest BCUT2D eigenvalue weighted by Gasteiger charge is -2.38. The van der Waals surface area contributed by atoms with Crippen molar-refractivity contribution >= 4 is 23.0 Å². The van der Waals surface area contributed by atoms with Crippen molar-refractivity contribution in [1.29, 1.82) is 0 Å². The molecule has 118 valence electrons. The van der Waals surface area contributed by atoms with Crippen LogP contribution < -0.4 is 5.32 Å². The molecule has 0 bridgehead atoms. The molecule has 1 aromatic rings. The molecule has 1 aliphatic carbocycles. The first kappa shape index (κ1) is 14.4. The fourth-order valence-corrected chi connectivity index (χ4v) is 3.99. The summed E-state index contributed by atoms with van der Waals surface area (Å²) in [6.07, 6.45) is 5.46. The minimum absolute atomic E-state index is 0.334. The summed E-state index contributed by atoms with van der Waals surface area (Å²) in [5.41, 5.74) is 4.07. The number of aryl methyl sites for hydroxylation is 2. The number of piperidine rings is 1. The van der Waals surface area contributed by atoms with Crippen LogP contribution in [0.3, 0.4) is 0 Å². The first-order valence-corrected chi connectivity index (χ1v) is 8.61. The number of hydrogen-bond acceptors (Lipinski definition) is 3. The van der Waals surface area contributed by atoms with Gasteiger partial charge in [-0.3, -0.25) is 0 Å². The molecular formula is C17H22N2O2S. The van der Waals surface area contributed by atoms with Gasteiger partial charge in [-0.25, -0.2) is 0 Å². The lowest BCUT2D eigenvalue weighted by atomic mass is 10.0. The van der Waals surface area contributed by atoms with E-state index in [9.17, 15) is 0 Å². The predicted octanol–water partition coefficient (Wildman–Crippen LogP) is 2.71. The van der Waals surface area contributed by atoms with Crippen molar-refractivity contribution in [2.45, 2.75) is 37.9 Å². The molecule has 0 unspecified atom stereocenters. The molecule has 1 spiro atoms. The van der Waals surface area contributed by atoms with Crippen LogP contribution in [0.1, 0.15) is 30.4 Å². The topological polar surface area (TPSA) is 33.7 Å². The first-order chi connectivity index (χ1) is 10.7. The number of anilines is 1. The minimum atomic E-state index is -0.334. The molecule has 4 rings (SSSR count). The van der Waals surface area contributed by atoms with E-state index in [4.69, 9.17) is 21.7 Å². The second-order valence-corrected chi connectivity index (χ2v) is 6.75. The second kappa shape index (κ2) is 5.80. The highest BCUT2D eigenvalue weighted by Gasteiger charge is 2.40. The Kier molecular flexibility index (Phi) is 3.80. The summed E-state index contributed by atoms with van der Waals surface area (Å²) in [7, 11) is 0. The number of fused-ring (bicyclic) bond motifs is 1. The van der Waals surface area contributed by atoms with Gasteiger partial charge in [0.05, 0.1) is 13.2 Å². The third-order valence-corrected chi connectivity index (χ3v) is 5.34. The summed E-state index contributed by atoms with van der Waals surface area (Å²) in [5, 5.41) is 4.21. The highest BCUT2D eigenvalue weighted by atomic mass is 32.1. The molecule has 22 heavy (non-hydrogen) atoms. The molecule has 0 aromatic heterocycles. The SMILES string of the molecule is S=C(Nc1ccc2c(c1)CCC2)N1CCC2(CC1)OCCO2. The van der Waals surface area contributed by atoms with Gasteiger partial charge in [-0.05, 0) is 54.7 Å². The van der Waals surface area contributed by atoms with Crippen molar-refractivity contribution in [1.82, 2.24) is 4.90 Å². The Morgan fingerprint density at radius 1 is 1.09 bits per heavy atom. The molecule has 0 saturated carbocycles. The fourth-order valence-electron chi connectivity index (χ4n) is 3.69. The van der Waals surface area contributed by atoms with Crippen molar-refractivity contribution in [2.24, 2.45) is 0 Å². The van der Waals surface area contributed by atoms with Gasteiger partial charge in [0.2, 0.25) is 0 Å². The van der Waals surface area contributed by atoms with Gasteiger partial charge in [-0.2, -0.15) is 0 Å². The Morgan fingerprint density at radius 2 is 1.82 bits per heavy atom. The Balaban J connectivity index is 1.36. The van der Waals surface area contributed by atoms with E-state index in [-0.39, 0.29) is 5.79 Å². The van der Waals surface area contributed by atoms with Crippen LogP contribution in [-0.4, -0.2) is 42.1 Å². The number of hydrogen-bond donors (Lipinski definition) is 1. The summed E-state index contributed by atoms with van der Waals surface area (Å²) in [4.78, 5) is 2.22. The average Bonchev–Trinajstić information content (AvgIpc) is 3.17. The highest BCUT2D eigenvalue weighted by molar-refractivity contribution is 7.80. The maximum atomic E-state index is 5.77. The zero-order valence-corrected chi connectivity index (χ0v) is 13.6. The summed E-state index contributed by atoms with van der Waals surface area (Å²) >= 11 is 5.58. The molecule has 3 aliphatic rings. The van der Waals surface area contributed by atoms with Gasteiger partial charge in [-0.15, -0.1) is 0 Å². The van der Waals surface area contributed by atoms with Gasteiger partial charge in [0.25, 0.3) is 0 Å². The maximum absolute atomic E-state index is 5.77.